The van der Waals surface area contributed by atoms with Crippen LogP contribution in [0.2, 0.25) is 0 Å². The zero-order valence-electron chi connectivity index (χ0n) is 12.2. The van der Waals surface area contributed by atoms with Gasteiger partial charge in [-0.15, -0.1) is 0 Å². The van der Waals surface area contributed by atoms with Crippen LogP contribution in [-0.4, -0.2) is 50.8 Å². The third-order valence-corrected chi connectivity index (χ3v) is 4.67. The average Bonchev–Trinajstić information content (AvgIpc) is 3.24. The molecule has 7 nitrogen and oxygen atoms in total. The van der Waals surface area contributed by atoms with E-state index in [0.29, 0.717) is 25.3 Å². The first-order valence-electron chi connectivity index (χ1n) is 7.85. The Balaban J connectivity index is 1.64. The Morgan fingerprint density at radius 3 is 2.82 bits per heavy atom. The summed E-state index contributed by atoms with van der Waals surface area (Å²) in [5, 5.41) is 0. The van der Waals surface area contributed by atoms with Crippen LogP contribution < -0.4 is 5.56 Å². The molecule has 1 aromatic rings. The van der Waals surface area contributed by atoms with E-state index < -0.39 is 0 Å². The fraction of sp³-hybridized carbons (Fsp3) is 0.600. The minimum Gasteiger partial charge on any atom is -0.322 e. The van der Waals surface area contributed by atoms with E-state index in [1.54, 1.807) is 9.80 Å². The number of hydrogen-bond donors (Lipinski definition) is 1. The van der Waals surface area contributed by atoms with Crippen LogP contribution in [0.4, 0.5) is 0 Å². The molecule has 0 spiro atoms. The molecule has 116 valence electrons. The summed E-state index contributed by atoms with van der Waals surface area (Å²) in [6, 6.07) is 1.27. The number of nitrogens with zero attached hydrogens (tertiary/aromatic N) is 3. The Kier molecular flexibility index (Phi) is 3.02. The van der Waals surface area contributed by atoms with Crippen molar-refractivity contribution in [1.82, 2.24) is 19.8 Å². The number of nitrogens with one attached hydrogen (secondary N) is 1. The SMILES string of the molecule is O=C1CCN(C(=O)c2cc(=O)[nH]c(C3CC3)n2)C2CCCN12. The molecule has 1 aliphatic carbocycles. The first kappa shape index (κ1) is 13.5. The molecule has 4 rings (SSSR count). The van der Waals surface area contributed by atoms with E-state index in [2.05, 4.69) is 9.97 Å². The van der Waals surface area contributed by atoms with Crippen LogP contribution in [0.1, 0.15) is 54.3 Å². The van der Waals surface area contributed by atoms with E-state index >= 15 is 0 Å². The molecule has 2 amide bonds. The molecule has 1 aromatic heterocycles. The summed E-state index contributed by atoms with van der Waals surface area (Å²) in [5.41, 5.74) is -0.0801. The van der Waals surface area contributed by atoms with Crippen LogP contribution in [0.3, 0.4) is 0 Å². The zero-order chi connectivity index (χ0) is 15.3. The van der Waals surface area contributed by atoms with E-state index in [-0.39, 0.29) is 35.2 Å². The highest BCUT2D eigenvalue weighted by Gasteiger charge is 2.40. The highest BCUT2D eigenvalue weighted by atomic mass is 16.2. The van der Waals surface area contributed by atoms with Crippen molar-refractivity contribution >= 4 is 11.8 Å². The molecular formula is C15H18N4O3. The van der Waals surface area contributed by atoms with Gasteiger partial charge in [-0.3, -0.25) is 14.4 Å². The maximum atomic E-state index is 12.8. The number of aromatic nitrogens is 2. The van der Waals surface area contributed by atoms with Crippen molar-refractivity contribution in [2.75, 3.05) is 13.1 Å². The number of aromatic amines is 1. The average molecular weight is 302 g/mol. The van der Waals surface area contributed by atoms with Crippen LogP contribution in [0.15, 0.2) is 10.9 Å². The minimum absolute atomic E-state index is 0.115. The molecule has 1 atom stereocenters. The lowest BCUT2D eigenvalue weighted by molar-refractivity contribution is -0.139. The Labute approximate surface area is 127 Å². The third kappa shape index (κ3) is 2.20. The smallest absolute Gasteiger partial charge is 0.274 e. The lowest BCUT2D eigenvalue weighted by Gasteiger charge is -2.39. The van der Waals surface area contributed by atoms with Gasteiger partial charge in [0.2, 0.25) is 5.91 Å². The zero-order valence-corrected chi connectivity index (χ0v) is 12.2. The predicted molar refractivity (Wildman–Crippen MR) is 77.2 cm³/mol. The lowest BCUT2D eigenvalue weighted by Crippen LogP contribution is -2.55. The van der Waals surface area contributed by atoms with Crippen LogP contribution in [0, 0.1) is 0 Å². The van der Waals surface area contributed by atoms with Crippen molar-refractivity contribution in [3.63, 3.8) is 0 Å². The normalized spacial score (nSPS) is 24.5. The maximum absolute atomic E-state index is 12.8. The number of rotatable bonds is 2. The van der Waals surface area contributed by atoms with Crippen molar-refractivity contribution in [2.45, 2.75) is 44.2 Å². The van der Waals surface area contributed by atoms with E-state index in [0.717, 1.165) is 25.7 Å². The fourth-order valence-electron chi connectivity index (χ4n) is 3.39. The highest BCUT2D eigenvalue weighted by Crippen LogP contribution is 2.37. The van der Waals surface area contributed by atoms with Crippen LogP contribution in [0.5, 0.6) is 0 Å². The Morgan fingerprint density at radius 2 is 2.05 bits per heavy atom. The van der Waals surface area contributed by atoms with Crippen LogP contribution in [-0.2, 0) is 4.79 Å². The van der Waals surface area contributed by atoms with E-state index in [1.807, 2.05) is 0 Å². The largest absolute Gasteiger partial charge is 0.322 e. The Hall–Kier alpha value is -2.18. The van der Waals surface area contributed by atoms with Crippen molar-refractivity contribution in [1.29, 1.82) is 0 Å². The van der Waals surface area contributed by atoms with E-state index in [1.165, 1.54) is 6.07 Å². The fourth-order valence-corrected chi connectivity index (χ4v) is 3.39. The molecular weight excluding hydrogens is 284 g/mol. The monoisotopic (exact) mass is 302 g/mol. The molecule has 0 aromatic carbocycles. The molecule has 3 aliphatic rings. The summed E-state index contributed by atoms with van der Waals surface area (Å²) in [4.78, 5) is 47.0. The number of amides is 2. The molecule has 0 bridgehead atoms. The van der Waals surface area contributed by atoms with Gasteiger partial charge in [-0.25, -0.2) is 4.98 Å². The lowest BCUT2D eigenvalue weighted by atomic mass is 10.2. The molecule has 1 saturated carbocycles. The molecule has 2 aliphatic heterocycles. The van der Waals surface area contributed by atoms with Crippen molar-refractivity contribution in [2.24, 2.45) is 0 Å². The van der Waals surface area contributed by atoms with Crippen LogP contribution in [0.25, 0.3) is 0 Å². The summed E-state index contributed by atoms with van der Waals surface area (Å²) in [5.74, 6) is 0.778. The standard InChI is InChI=1S/C15H18N4O3/c20-11-8-10(16-14(17-11)9-3-4-9)15(22)19-7-5-13(21)18-6-1-2-12(18)19/h8-9,12H,1-7H2,(H,16,17,20). The number of H-pyrrole nitrogens is 1. The molecule has 0 radical (unpaired) electrons. The summed E-state index contributed by atoms with van der Waals surface area (Å²) in [6.45, 7) is 1.12. The van der Waals surface area contributed by atoms with Crippen molar-refractivity contribution in [3.05, 3.63) is 27.9 Å². The third-order valence-electron chi connectivity index (χ3n) is 4.67. The van der Waals surface area contributed by atoms with Gasteiger partial charge in [0.15, 0.2) is 0 Å². The van der Waals surface area contributed by atoms with Gasteiger partial charge in [0.05, 0.1) is 0 Å². The van der Waals surface area contributed by atoms with Gasteiger partial charge in [-0.2, -0.15) is 0 Å². The summed E-state index contributed by atoms with van der Waals surface area (Å²) < 4.78 is 0. The first-order valence-corrected chi connectivity index (χ1v) is 7.85. The maximum Gasteiger partial charge on any atom is 0.274 e. The van der Waals surface area contributed by atoms with Gasteiger partial charge in [0.25, 0.3) is 11.5 Å². The molecule has 3 heterocycles. The minimum atomic E-state index is -0.281. The number of carbonyl (C=O) groups excluding carboxylic acids is 2. The second-order valence-electron chi connectivity index (χ2n) is 6.25. The van der Waals surface area contributed by atoms with E-state index in [9.17, 15) is 14.4 Å². The van der Waals surface area contributed by atoms with Crippen molar-refractivity contribution in [3.8, 4) is 0 Å². The number of hydrogen-bond acceptors (Lipinski definition) is 4. The topological polar surface area (TPSA) is 86.4 Å². The van der Waals surface area contributed by atoms with Gasteiger partial charge in [-0.05, 0) is 25.7 Å². The van der Waals surface area contributed by atoms with Gasteiger partial charge in [-0.1, -0.05) is 0 Å². The molecule has 7 heteroatoms. The Bertz CT molecular complexity index is 694. The predicted octanol–water partition coefficient (Wildman–Crippen LogP) is 0.442. The second kappa shape index (κ2) is 4.93. The molecule has 2 saturated heterocycles. The number of fused-ring (bicyclic) bond motifs is 1. The van der Waals surface area contributed by atoms with E-state index in [4.69, 9.17) is 0 Å². The second-order valence-corrected chi connectivity index (χ2v) is 6.25. The van der Waals surface area contributed by atoms with Crippen LogP contribution >= 0.6 is 0 Å². The number of carbonyl (C=O) groups is 2. The molecule has 1 unspecified atom stereocenters. The molecule has 3 fully saturated rings. The summed E-state index contributed by atoms with van der Waals surface area (Å²) in [7, 11) is 0. The Morgan fingerprint density at radius 1 is 1.23 bits per heavy atom. The molecule has 1 N–H and O–H groups in total. The van der Waals surface area contributed by atoms with Gasteiger partial charge < -0.3 is 14.8 Å². The van der Waals surface area contributed by atoms with Crippen molar-refractivity contribution < 1.29 is 9.59 Å². The van der Waals surface area contributed by atoms with Gasteiger partial charge in [0.1, 0.15) is 17.7 Å². The summed E-state index contributed by atoms with van der Waals surface area (Å²) >= 11 is 0. The molecule has 22 heavy (non-hydrogen) atoms. The van der Waals surface area contributed by atoms with Gasteiger partial charge in [0, 0.05) is 31.5 Å². The quantitative estimate of drug-likeness (QED) is 0.859. The van der Waals surface area contributed by atoms with Gasteiger partial charge >= 0.3 is 0 Å². The first-order chi connectivity index (χ1) is 10.6. The highest BCUT2D eigenvalue weighted by molar-refractivity contribution is 5.93. The summed E-state index contributed by atoms with van der Waals surface area (Å²) in [6.07, 6.45) is 3.91.